The maximum absolute atomic E-state index is 12.9. The molecule has 1 fully saturated rings. The fourth-order valence-electron chi connectivity index (χ4n) is 4.03. The summed E-state index contributed by atoms with van der Waals surface area (Å²) >= 11 is 6.15. The minimum absolute atomic E-state index is 0.0727. The van der Waals surface area contributed by atoms with Crippen molar-refractivity contribution in [2.45, 2.75) is 49.5 Å². The number of carbonyl (C=O) groups excluding carboxylic acids is 1. The quantitative estimate of drug-likeness (QED) is 0.701. The highest BCUT2D eigenvalue weighted by atomic mass is 35.5. The van der Waals surface area contributed by atoms with Crippen molar-refractivity contribution >= 4 is 33.2 Å². The normalized spacial score (nSPS) is 18.8. The van der Waals surface area contributed by atoms with Gasteiger partial charge in [0, 0.05) is 24.4 Å². The summed E-state index contributed by atoms with van der Waals surface area (Å²) in [5.74, 6) is -0.360. The van der Waals surface area contributed by atoms with Gasteiger partial charge >= 0.3 is 0 Å². The first kappa shape index (κ1) is 21.3. The summed E-state index contributed by atoms with van der Waals surface area (Å²) in [6, 6.07) is 10.2. The molecule has 1 heterocycles. The lowest BCUT2D eigenvalue weighted by Crippen LogP contribution is -2.32. The van der Waals surface area contributed by atoms with Gasteiger partial charge in [-0.2, -0.15) is 0 Å². The molecule has 1 unspecified atom stereocenters. The second-order valence-electron chi connectivity index (χ2n) is 7.74. The molecule has 6 nitrogen and oxygen atoms in total. The third-order valence-corrected chi connectivity index (χ3v) is 7.56. The smallest absolute Gasteiger partial charge is 0.255 e. The zero-order valence-electron chi connectivity index (χ0n) is 16.6. The third-order valence-electron chi connectivity index (χ3n) is 5.65. The number of halogens is 1. The molecule has 0 radical (unpaired) electrons. The van der Waals surface area contributed by atoms with Crippen molar-refractivity contribution in [3.63, 3.8) is 0 Å². The standard InChI is InChI=1S/C22H25ClN2O4S/c23-19-11-10-16(13-21(19)30(27,28)24-14-17-7-4-12-29-17)22(26)25-20-9-3-6-15-5-1-2-8-18(15)20/h3,6,9-11,13,17,24H,1-2,4-5,7-8,12,14H2,(H,25,26). The summed E-state index contributed by atoms with van der Waals surface area (Å²) in [5.41, 5.74) is 3.45. The second-order valence-corrected chi connectivity index (χ2v) is 9.88. The lowest BCUT2D eigenvalue weighted by Gasteiger charge is -2.19. The Hall–Kier alpha value is -1.93. The van der Waals surface area contributed by atoms with Crippen LogP contribution in [0.3, 0.4) is 0 Å². The van der Waals surface area contributed by atoms with Crippen molar-refractivity contribution in [2.24, 2.45) is 0 Å². The van der Waals surface area contributed by atoms with E-state index in [0.717, 1.165) is 49.8 Å². The number of aryl methyl sites for hydroxylation is 1. The summed E-state index contributed by atoms with van der Waals surface area (Å²) in [6.07, 6.45) is 5.81. The monoisotopic (exact) mass is 448 g/mol. The largest absolute Gasteiger partial charge is 0.377 e. The van der Waals surface area contributed by atoms with Crippen molar-refractivity contribution in [3.05, 3.63) is 58.1 Å². The lowest BCUT2D eigenvalue weighted by molar-refractivity contribution is 0.102. The maximum atomic E-state index is 12.9. The molecule has 8 heteroatoms. The number of ether oxygens (including phenoxy) is 1. The Balaban J connectivity index is 1.53. The molecule has 4 rings (SSSR count). The number of hydrogen-bond acceptors (Lipinski definition) is 4. The van der Waals surface area contributed by atoms with Gasteiger partial charge in [-0.3, -0.25) is 4.79 Å². The van der Waals surface area contributed by atoms with Crippen LogP contribution >= 0.6 is 11.6 Å². The van der Waals surface area contributed by atoms with Gasteiger partial charge in [0.1, 0.15) is 4.90 Å². The molecule has 2 aromatic carbocycles. The van der Waals surface area contributed by atoms with E-state index in [-0.39, 0.29) is 34.0 Å². The highest BCUT2D eigenvalue weighted by Gasteiger charge is 2.24. The Morgan fingerprint density at radius 2 is 1.97 bits per heavy atom. The van der Waals surface area contributed by atoms with Crippen LogP contribution in [0.4, 0.5) is 5.69 Å². The van der Waals surface area contributed by atoms with E-state index in [0.29, 0.717) is 6.61 Å². The highest BCUT2D eigenvalue weighted by Crippen LogP contribution is 2.29. The summed E-state index contributed by atoms with van der Waals surface area (Å²) in [4.78, 5) is 12.8. The first-order chi connectivity index (χ1) is 14.4. The van der Waals surface area contributed by atoms with Gasteiger partial charge in [0.25, 0.3) is 5.91 Å². The summed E-state index contributed by atoms with van der Waals surface area (Å²) in [6.45, 7) is 0.831. The molecule has 1 atom stereocenters. The molecular formula is C22H25ClN2O4S. The zero-order valence-corrected chi connectivity index (χ0v) is 18.2. The first-order valence-corrected chi connectivity index (χ1v) is 12.1. The van der Waals surface area contributed by atoms with Crippen LogP contribution in [0.25, 0.3) is 0 Å². The molecule has 160 valence electrons. The third kappa shape index (κ3) is 4.70. The van der Waals surface area contributed by atoms with Crippen LogP contribution in [0.2, 0.25) is 5.02 Å². The molecule has 2 aromatic rings. The Morgan fingerprint density at radius 3 is 2.77 bits per heavy atom. The van der Waals surface area contributed by atoms with Crippen LogP contribution < -0.4 is 10.0 Å². The van der Waals surface area contributed by atoms with Gasteiger partial charge in [-0.05, 0) is 73.9 Å². The molecular weight excluding hydrogens is 424 g/mol. The highest BCUT2D eigenvalue weighted by molar-refractivity contribution is 7.89. The Labute approximate surface area is 182 Å². The van der Waals surface area contributed by atoms with Crippen LogP contribution in [0.1, 0.15) is 47.2 Å². The van der Waals surface area contributed by atoms with Gasteiger partial charge in [-0.15, -0.1) is 0 Å². The Kier molecular flexibility index (Phi) is 6.43. The lowest BCUT2D eigenvalue weighted by atomic mass is 9.90. The van der Waals surface area contributed by atoms with Gasteiger partial charge in [0.15, 0.2) is 0 Å². The molecule has 1 amide bonds. The summed E-state index contributed by atoms with van der Waals surface area (Å²) in [5, 5.41) is 3.02. The number of rotatable bonds is 6. The van der Waals surface area contributed by atoms with E-state index in [2.05, 4.69) is 16.1 Å². The second kappa shape index (κ2) is 9.06. The minimum atomic E-state index is -3.86. The number of nitrogens with one attached hydrogen (secondary N) is 2. The van der Waals surface area contributed by atoms with Crippen molar-refractivity contribution in [3.8, 4) is 0 Å². The number of benzene rings is 2. The fourth-order valence-corrected chi connectivity index (χ4v) is 5.62. The number of anilines is 1. The van der Waals surface area contributed by atoms with Gasteiger partial charge in [-0.25, -0.2) is 13.1 Å². The molecule has 1 aliphatic carbocycles. The van der Waals surface area contributed by atoms with Crippen LogP contribution in [0.15, 0.2) is 41.3 Å². The number of fused-ring (bicyclic) bond motifs is 1. The van der Waals surface area contributed by atoms with Gasteiger partial charge in [0.2, 0.25) is 10.0 Å². The number of carbonyl (C=O) groups is 1. The van der Waals surface area contributed by atoms with Gasteiger partial charge in [-0.1, -0.05) is 23.7 Å². The molecule has 0 aromatic heterocycles. The van der Waals surface area contributed by atoms with Crippen LogP contribution in [0, 0.1) is 0 Å². The predicted molar refractivity (Wildman–Crippen MR) is 117 cm³/mol. The van der Waals surface area contributed by atoms with Crippen molar-refractivity contribution < 1.29 is 17.9 Å². The Morgan fingerprint density at radius 1 is 1.13 bits per heavy atom. The molecule has 1 aliphatic heterocycles. The number of sulfonamides is 1. The van der Waals surface area contributed by atoms with Crippen molar-refractivity contribution in [1.82, 2.24) is 4.72 Å². The Bertz CT molecular complexity index is 1050. The van der Waals surface area contributed by atoms with E-state index in [1.165, 1.54) is 23.8 Å². The molecule has 30 heavy (non-hydrogen) atoms. The number of hydrogen-bond donors (Lipinski definition) is 2. The van der Waals surface area contributed by atoms with E-state index in [1.54, 1.807) is 0 Å². The zero-order chi connectivity index (χ0) is 21.1. The molecule has 0 bridgehead atoms. The first-order valence-electron chi connectivity index (χ1n) is 10.3. The average Bonchev–Trinajstić information content (AvgIpc) is 3.26. The number of amides is 1. The van der Waals surface area contributed by atoms with E-state index >= 15 is 0 Å². The molecule has 2 aliphatic rings. The molecule has 2 N–H and O–H groups in total. The molecule has 0 spiro atoms. The van der Waals surface area contributed by atoms with Crippen LogP contribution in [0.5, 0.6) is 0 Å². The van der Waals surface area contributed by atoms with E-state index in [4.69, 9.17) is 16.3 Å². The van der Waals surface area contributed by atoms with Crippen molar-refractivity contribution in [2.75, 3.05) is 18.5 Å². The van der Waals surface area contributed by atoms with E-state index in [9.17, 15) is 13.2 Å². The van der Waals surface area contributed by atoms with Crippen LogP contribution in [-0.2, 0) is 27.6 Å². The maximum Gasteiger partial charge on any atom is 0.255 e. The van der Waals surface area contributed by atoms with Gasteiger partial charge < -0.3 is 10.1 Å². The SMILES string of the molecule is O=C(Nc1cccc2c1CCCC2)c1ccc(Cl)c(S(=O)(=O)NCC2CCCO2)c1. The van der Waals surface area contributed by atoms with E-state index < -0.39 is 10.0 Å². The van der Waals surface area contributed by atoms with E-state index in [1.807, 2.05) is 12.1 Å². The molecule has 0 saturated carbocycles. The summed E-state index contributed by atoms with van der Waals surface area (Å²) in [7, 11) is -3.86. The minimum Gasteiger partial charge on any atom is -0.377 e. The summed E-state index contributed by atoms with van der Waals surface area (Å²) < 4.78 is 33.5. The van der Waals surface area contributed by atoms with Gasteiger partial charge in [0.05, 0.1) is 11.1 Å². The van der Waals surface area contributed by atoms with Crippen molar-refractivity contribution in [1.29, 1.82) is 0 Å². The fraction of sp³-hybridized carbons (Fsp3) is 0.409. The molecule has 1 saturated heterocycles. The topological polar surface area (TPSA) is 84.5 Å². The van der Waals surface area contributed by atoms with Crippen LogP contribution in [-0.4, -0.2) is 33.6 Å². The predicted octanol–water partition coefficient (Wildman–Crippen LogP) is 3.93. The average molecular weight is 449 g/mol.